The van der Waals surface area contributed by atoms with Crippen LogP contribution < -0.4 is 4.74 Å². The molecular formula is C15H18N2O2. The molecule has 0 spiro atoms. The number of ether oxygens (including phenoxy) is 1. The molecule has 0 saturated carbocycles. The standard InChI is InChI=1S/C15H18N2O2/c1-11-9-12(2)17(16-11)15(18)8-7-13-5-4-6-14(10-13)19-3/h4-6,9-10H,7-8H2,1-3H3. The highest BCUT2D eigenvalue weighted by molar-refractivity contribution is 5.79. The molecule has 0 amide bonds. The van der Waals surface area contributed by atoms with Gasteiger partial charge in [0.05, 0.1) is 12.8 Å². The zero-order chi connectivity index (χ0) is 13.8. The highest BCUT2D eigenvalue weighted by Gasteiger charge is 2.10. The quantitative estimate of drug-likeness (QED) is 0.847. The van der Waals surface area contributed by atoms with E-state index < -0.39 is 0 Å². The molecule has 0 saturated heterocycles. The van der Waals surface area contributed by atoms with Crippen LogP contribution in [0.1, 0.15) is 28.2 Å². The van der Waals surface area contributed by atoms with Gasteiger partial charge < -0.3 is 4.74 Å². The fourth-order valence-electron chi connectivity index (χ4n) is 2.07. The number of hydrogen-bond acceptors (Lipinski definition) is 3. The van der Waals surface area contributed by atoms with E-state index in [0.29, 0.717) is 12.8 Å². The van der Waals surface area contributed by atoms with E-state index in [-0.39, 0.29) is 5.91 Å². The molecule has 0 unspecified atom stereocenters. The average molecular weight is 258 g/mol. The first-order valence-corrected chi connectivity index (χ1v) is 6.29. The Balaban J connectivity index is 2.02. The van der Waals surface area contributed by atoms with Crippen LogP contribution in [0.3, 0.4) is 0 Å². The van der Waals surface area contributed by atoms with Crippen molar-refractivity contribution < 1.29 is 9.53 Å². The van der Waals surface area contributed by atoms with E-state index in [4.69, 9.17) is 4.74 Å². The summed E-state index contributed by atoms with van der Waals surface area (Å²) in [5, 5.41) is 4.20. The van der Waals surface area contributed by atoms with E-state index in [1.54, 1.807) is 7.11 Å². The van der Waals surface area contributed by atoms with Gasteiger partial charge in [-0.25, -0.2) is 4.68 Å². The molecule has 1 aromatic heterocycles. The van der Waals surface area contributed by atoms with Crippen LogP contribution in [0.2, 0.25) is 0 Å². The predicted octanol–water partition coefficient (Wildman–Crippen LogP) is 2.78. The molecule has 0 aliphatic carbocycles. The van der Waals surface area contributed by atoms with E-state index in [9.17, 15) is 4.79 Å². The minimum atomic E-state index is 0.0217. The number of aromatic nitrogens is 2. The number of methoxy groups -OCH3 is 1. The van der Waals surface area contributed by atoms with Gasteiger partial charge in [-0.15, -0.1) is 0 Å². The molecule has 4 nitrogen and oxygen atoms in total. The molecule has 0 radical (unpaired) electrons. The number of nitrogens with zero attached hydrogens (tertiary/aromatic N) is 2. The van der Waals surface area contributed by atoms with Gasteiger partial charge >= 0.3 is 0 Å². The number of rotatable bonds is 4. The molecule has 4 heteroatoms. The lowest BCUT2D eigenvalue weighted by Gasteiger charge is -2.05. The Bertz CT molecular complexity index is 588. The first-order chi connectivity index (χ1) is 9.10. The van der Waals surface area contributed by atoms with Crippen molar-refractivity contribution in [3.63, 3.8) is 0 Å². The Kier molecular flexibility index (Phi) is 4.00. The lowest BCUT2D eigenvalue weighted by atomic mass is 10.1. The van der Waals surface area contributed by atoms with Gasteiger partial charge in [-0.1, -0.05) is 12.1 Å². The molecule has 0 aliphatic rings. The van der Waals surface area contributed by atoms with Gasteiger partial charge in [0.2, 0.25) is 5.91 Å². The Labute approximate surface area is 113 Å². The molecule has 19 heavy (non-hydrogen) atoms. The molecule has 0 fully saturated rings. The number of hydrogen-bond donors (Lipinski definition) is 0. The molecular weight excluding hydrogens is 240 g/mol. The van der Waals surface area contributed by atoms with Gasteiger partial charge in [-0.05, 0) is 44.0 Å². The van der Waals surface area contributed by atoms with Crippen molar-refractivity contribution >= 4 is 5.91 Å². The largest absolute Gasteiger partial charge is 0.497 e. The minimum Gasteiger partial charge on any atom is -0.497 e. The van der Waals surface area contributed by atoms with E-state index >= 15 is 0 Å². The van der Waals surface area contributed by atoms with Crippen LogP contribution in [0.5, 0.6) is 5.75 Å². The van der Waals surface area contributed by atoms with E-state index in [2.05, 4.69) is 5.10 Å². The first-order valence-electron chi connectivity index (χ1n) is 6.29. The van der Waals surface area contributed by atoms with Crippen LogP contribution in [0.25, 0.3) is 0 Å². The number of carbonyl (C=O) groups is 1. The lowest BCUT2D eigenvalue weighted by molar-refractivity contribution is 0.0884. The van der Waals surface area contributed by atoms with Gasteiger partial charge in [0.1, 0.15) is 5.75 Å². The Morgan fingerprint density at radius 1 is 1.32 bits per heavy atom. The highest BCUT2D eigenvalue weighted by Crippen LogP contribution is 2.14. The molecule has 0 N–H and O–H groups in total. The number of benzene rings is 1. The fourth-order valence-corrected chi connectivity index (χ4v) is 2.07. The molecule has 0 atom stereocenters. The summed E-state index contributed by atoms with van der Waals surface area (Å²) in [4.78, 5) is 12.1. The van der Waals surface area contributed by atoms with Crippen molar-refractivity contribution in [3.8, 4) is 5.75 Å². The van der Waals surface area contributed by atoms with Gasteiger partial charge in [-0.2, -0.15) is 5.10 Å². The van der Waals surface area contributed by atoms with Crippen molar-refractivity contribution in [1.82, 2.24) is 9.78 Å². The molecule has 0 bridgehead atoms. The molecule has 1 heterocycles. The summed E-state index contributed by atoms with van der Waals surface area (Å²) in [6.45, 7) is 3.78. The maximum atomic E-state index is 12.1. The monoisotopic (exact) mass is 258 g/mol. The zero-order valence-electron chi connectivity index (χ0n) is 11.5. The maximum Gasteiger partial charge on any atom is 0.247 e. The van der Waals surface area contributed by atoms with Crippen molar-refractivity contribution in [1.29, 1.82) is 0 Å². The summed E-state index contributed by atoms with van der Waals surface area (Å²) < 4.78 is 6.65. The van der Waals surface area contributed by atoms with Crippen LogP contribution in [0.4, 0.5) is 0 Å². The molecule has 1 aromatic carbocycles. The van der Waals surface area contributed by atoms with Crippen LogP contribution in [-0.4, -0.2) is 22.8 Å². The Hall–Kier alpha value is -2.10. The fraction of sp³-hybridized carbons (Fsp3) is 0.333. The van der Waals surface area contributed by atoms with Crippen LogP contribution in [0.15, 0.2) is 30.3 Å². The van der Waals surface area contributed by atoms with E-state index in [0.717, 1.165) is 22.7 Å². The average Bonchev–Trinajstić information content (AvgIpc) is 2.75. The lowest BCUT2D eigenvalue weighted by Crippen LogP contribution is -2.14. The molecule has 100 valence electrons. The van der Waals surface area contributed by atoms with Gasteiger partial charge in [-0.3, -0.25) is 4.79 Å². The van der Waals surface area contributed by atoms with Gasteiger partial charge in [0, 0.05) is 12.1 Å². The summed E-state index contributed by atoms with van der Waals surface area (Å²) in [7, 11) is 1.64. The second-order valence-corrected chi connectivity index (χ2v) is 4.58. The van der Waals surface area contributed by atoms with Crippen LogP contribution in [0, 0.1) is 13.8 Å². The van der Waals surface area contributed by atoms with Gasteiger partial charge in [0.25, 0.3) is 0 Å². The van der Waals surface area contributed by atoms with Gasteiger partial charge in [0.15, 0.2) is 0 Å². The van der Waals surface area contributed by atoms with E-state index in [1.165, 1.54) is 4.68 Å². The third kappa shape index (κ3) is 3.22. The topological polar surface area (TPSA) is 44.1 Å². The minimum absolute atomic E-state index is 0.0217. The smallest absolute Gasteiger partial charge is 0.247 e. The zero-order valence-corrected chi connectivity index (χ0v) is 11.5. The SMILES string of the molecule is COc1cccc(CCC(=O)n2nc(C)cc2C)c1. The molecule has 0 aliphatic heterocycles. The third-order valence-electron chi connectivity index (χ3n) is 3.01. The van der Waals surface area contributed by atoms with Crippen molar-refractivity contribution in [2.45, 2.75) is 26.7 Å². The van der Waals surface area contributed by atoms with Crippen LogP contribution in [-0.2, 0) is 6.42 Å². The second-order valence-electron chi connectivity index (χ2n) is 4.58. The normalized spacial score (nSPS) is 10.5. The van der Waals surface area contributed by atoms with Crippen LogP contribution >= 0.6 is 0 Å². The molecule has 2 rings (SSSR count). The second kappa shape index (κ2) is 5.69. The third-order valence-corrected chi connectivity index (χ3v) is 3.01. The first kappa shape index (κ1) is 13.3. The summed E-state index contributed by atoms with van der Waals surface area (Å²) in [6, 6.07) is 9.68. The Morgan fingerprint density at radius 3 is 2.74 bits per heavy atom. The highest BCUT2D eigenvalue weighted by atomic mass is 16.5. The summed E-state index contributed by atoms with van der Waals surface area (Å²) in [6.07, 6.45) is 1.13. The maximum absolute atomic E-state index is 12.1. The number of aryl methyl sites for hydroxylation is 3. The van der Waals surface area contributed by atoms with Crippen molar-refractivity contribution in [3.05, 3.63) is 47.3 Å². The van der Waals surface area contributed by atoms with Crippen molar-refractivity contribution in [2.24, 2.45) is 0 Å². The summed E-state index contributed by atoms with van der Waals surface area (Å²) in [5.41, 5.74) is 2.84. The van der Waals surface area contributed by atoms with Crippen molar-refractivity contribution in [2.75, 3.05) is 7.11 Å². The molecule has 2 aromatic rings. The predicted molar refractivity (Wildman–Crippen MR) is 73.6 cm³/mol. The Morgan fingerprint density at radius 2 is 2.11 bits per heavy atom. The number of carbonyl (C=O) groups excluding carboxylic acids is 1. The summed E-state index contributed by atoms with van der Waals surface area (Å²) >= 11 is 0. The van der Waals surface area contributed by atoms with E-state index in [1.807, 2.05) is 44.2 Å². The summed E-state index contributed by atoms with van der Waals surface area (Å²) in [5.74, 6) is 0.837.